The Morgan fingerprint density at radius 3 is 1.64 bits per heavy atom. The second-order valence-electron chi connectivity index (χ2n) is 14.6. The van der Waals surface area contributed by atoms with E-state index < -0.39 is 15.0 Å². The van der Waals surface area contributed by atoms with E-state index in [4.69, 9.17) is 47.6 Å². The number of azo groups is 2. The molecule has 5 N–H and O–H groups in total. The van der Waals surface area contributed by atoms with Crippen molar-refractivity contribution < 1.29 is 32.7 Å². The highest BCUT2D eigenvalue weighted by atomic mass is 35.5. The molecule has 0 atom stereocenters. The van der Waals surface area contributed by atoms with E-state index in [1.54, 1.807) is 36.3 Å². The number of halogens is 2. The average molecular weight is 1040 g/mol. The highest BCUT2D eigenvalue weighted by Gasteiger charge is 2.23. The minimum Gasteiger partial charge on any atom is -0.494 e. The van der Waals surface area contributed by atoms with Gasteiger partial charge in [-0.25, -0.2) is 9.97 Å². The van der Waals surface area contributed by atoms with Gasteiger partial charge in [-0.2, -0.15) is 23.4 Å². The second kappa shape index (κ2) is 22.5. The molecule has 7 aromatic rings. The SMILES string of the molecule is CCN(CC)c1cc(Nc2nc(Nc3cc(N(CC)CC)c(OC)cc3N=Nc3nc4c(S(=O)(=O)O)cc(Cl)cc4s3)nc(N(CCO)CCO)n2)c(N=Nc2nc3ccc(Cl)cc3s2)cc1OC. The smallest absolute Gasteiger partial charge is 0.296 e. The Kier molecular flexibility index (Phi) is 16.6. The van der Waals surface area contributed by atoms with Gasteiger partial charge in [-0.15, -0.1) is 20.5 Å². The van der Waals surface area contributed by atoms with Gasteiger partial charge in [-0.1, -0.05) is 45.9 Å². The lowest BCUT2D eigenvalue weighted by Gasteiger charge is -2.25. The number of nitrogens with one attached hydrogen (secondary N) is 2. The zero-order valence-corrected chi connectivity index (χ0v) is 42.1. The molecule has 21 nitrogen and oxygen atoms in total. The third-order valence-corrected chi connectivity index (χ3v) is 13.6. The third-order valence-electron chi connectivity index (χ3n) is 10.5. The van der Waals surface area contributed by atoms with Crippen molar-refractivity contribution in [1.29, 1.82) is 0 Å². The largest absolute Gasteiger partial charge is 0.494 e. The highest BCUT2D eigenvalue weighted by Crippen LogP contribution is 2.44. The van der Waals surface area contributed by atoms with E-state index in [9.17, 15) is 23.2 Å². The van der Waals surface area contributed by atoms with E-state index in [1.165, 1.54) is 24.5 Å². The first-order valence-corrected chi connectivity index (χ1v) is 25.2. The molecule has 0 amide bonds. The van der Waals surface area contributed by atoms with Crippen LogP contribution in [-0.4, -0.2) is 115 Å². The summed E-state index contributed by atoms with van der Waals surface area (Å²) in [5.41, 5.74) is 3.59. The summed E-state index contributed by atoms with van der Waals surface area (Å²) in [5.74, 6) is 1.20. The fourth-order valence-corrected chi connectivity index (χ4v) is 10.2. The summed E-state index contributed by atoms with van der Waals surface area (Å²) in [6.45, 7) is 10.3. The van der Waals surface area contributed by atoms with Crippen molar-refractivity contribution in [2.24, 2.45) is 20.5 Å². The number of nitrogens with zero attached hydrogens (tertiary/aromatic N) is 12. The Morgan fingerprint density at radius 2 is 1.14 bits per heavy atom. The Labute approximate surface area is 415 Å². The normalized spacial score (nSPS) is 11.9. The van der Waals surface area contributed by atoms with Crippen molar-refractivity contribution in [3.05, 3.63) is 64.6 Å². The molecule has 0 aliphatic carbocycles. The molecule has 0 radical (unpaired) electrons. The maximum Gasteiger partial charge on any atom is 0.296 e. The van der Waals surface area contributed by atoms with Crippen molar-refractivity contribution in [2.45, 2.75) is 32.6 Å². The minimum absolute atomic E-state index is 0.0189. The number of hydrogen-bond acceptors (Lipinski definition) is 22. The van der Waals surface area contributed by atoms with Crippen LogP contribution in [0.25, 0.3) is 20.4 Å². The van der Waals surface area contributed by atoms with Crippen LogP contribution < -0.4 is 34.8 Å². The molecule has 7 rings (SSSR count). The predicted octanol–water partition coefficient (Wildman–Crippen LogP) is 10.5. The number of methoxy groups -OCH3 is 2. The summed E-state index contributed by atoms with van der Waals surface area (Å²) >= 11 is 14.8. The molecule has 26 heteroatoms. The van der Waals surface area contributed by atoms with Crippen LogP contribution in [0.4, 0.5) is 62.2 Å². The number of thiazole rings is 2. The van der Waals surface area contributed by atoms with Crippen molar-refractivity contribution in [3.8, 4) is 11.5 Å². The van der Waals surface area contributed by atoms with Crippen LogP contribution in [0.1, 0.15) is 27.7 Å². The van der Waals surface area contributed by atoms with Gasteiger partial charge < -0.3 is 45.0 Å². The number of fused-ring (bicyclic) bond motifs is 2. The molecular weight excluding hydrogens is 992 g/mol. The van der Waals surface area contributed by atoms with Gasteiger partial charge in [0.15, 0.2) is 0 Å². The van der Waals surface area contributed by atoms with Crippen LogP contribution in [0.5, 0.6) is 11.5 Å². The fourth-order valence-electron chi connectivity index (χ4n) is 7.16. The van der Waals surface area contributed by atoms with E-state index in [-0.39, 0.29) is 65.5 Å². The van der Waals surface area contributed by atoms with E-state index in [0.717, 1.165) is 33.3 Å². The van der Waals surface area contributed by atoms with Crippen LogP contribution in [0.3, 0.4) is 0 Å². The first-order chi connectivity index (χ1) is 33.2. The number of aromatic nitrogens is 5. The van der Waals surface area contributed by atoms with E-state index in [2.05, 4.69) is 50.9 Å². The van der Waals surface area contributed by atoms with Gasteiger partial charge in [0.2, 0.25) is 28.1 Å². The van der Waals surface area contributed by atoms with Gasteiger partial charge in [0.05, 0.1) is 65.1 Å². The monoisotopic (exact) mass is 1040 g/mol. The highest BCUT2D eigenvalue weighted by molar-refractivity contribution is 7.86. The minimum atomic E-state index is -4.67. The number of aliphatic hydroxyl groups excluding tert-OH is 2. The fraction of sp³-hybridized carbons (Fsp3) is 0.326. The molecule has 3 heterocycles. The van der Waals surface area contributed by atoms with Gasteiger partial charge >= 0.3 is 0 Å². The molecule has 3 aromatic heterocycles. The number of aliphatic hydroxyl groups is 2. The summed E-state index contributed by atoms with van der Waals surface area (Å²) in [4.78, 5) is 28.6. The summed E-state index contributed by atoms with van der Waals surface area (Å²) in [5, 5.41) is 45.9. The molecule has 0 fully saturated rings. The quantitative estimate of drug-likeness (QED) is 0.0312. The molecule has 0 aliphatic rings. The number of ether oxygens (including phenoxy) is 2. The molecule has 0 aliphatic heterocycles. The Morgan fingerprint density at radius 1 is 0.638 bits per heavy atom. The lowest BCUT2D eigenvalue weighted by atomic mass is 10.2. The third kappa shape index (κ3) is 11.8. The molecule has 4 aromatic carbocycles. The summed E-state index contributed by atoms with van der Waals surface area (Å²) in [6, 6.07) is 15.1. The van der Waals surface area contributed by atoms with E-state index >= 15 is 0 Å². The predicted molar refractivity (Wildman–Crippen MR) is 273 cm³/mol. The van der Waals surface area contributed by atoms with Crippen LogP contribution >= 0.6 is 45.9 Å². The number of anilines is 7. The Balaban J connectivity index is 1.36. The standard InChI is InChI=1S/C43H48Cl2N14O7S3/c1-7-57(8-2)31-20-27(29(22-33(31)65-5)53-55-42-48-26-12-11-24(44)17-35(26)67-42)46-39-50-40(52-41(51-39)59(13-15-60)14-16-61)47-28-21-32(58(9-3)10-4)34(66-6)23-30(28)54-56-43-49-38-36(68-43)18-25(45)19-37(38)69(62,63)64/h11-12,17-23,60-61H,7-10,13-16H2,1-6H3,(H,62,63,64)(H2,46,47,50,51,52). The number of rotatable bonds is 22. The van der Waals surface area contributed by atoms with Crippen molar-refractivity contribution >= 4 is 139 Å². The van der Waals surface area contributed by atoms with Gasteiger partial charge in [0.25, 0.3) is 10.1 Å². The first kappa shape index (κ1) is 50.7. The van der Waals surface area contributed by atoms with Crippen LogP contribution in [0, 0.1) is 0 Å². The summed E-state index contributed by atoms with van der Waals surface area (Å²) in [6.07, 6.45) is 0. The lowest BCUT2D eigenvalue weighted by molar-refractivity contribution is 0.280. The maximum atomic E-state index is 12.2. The molecule has 0 saturated carbocycles. The topological polar surface area (TPSA) is 261 Å². The van der Waals surface area contributed by atoms with Gasteiger partial charge in [-0.05, 0) is 70.2 Å². The molecule has 0 saturated heterocycles. The first-order valence-electron chi connectivity index (χ1n) is 21.4. The zero-order valence-electron chi connectivity index (χ0n) is 38.2. The van der Waals surface area contributed by atoms with Crippen LogP contribution in [0.15, 0.2) is 79.9 Å². The van der Waals surface area contributed by atoms with Gasteiger partial charge in [0.1, 0.15) is 33.3 Å². The van der Waals surface area contributed by atoms with Crippen molar-refractivity contribution in [1.82, 2.24) is 24.9 Å². The van der Waals surface area contributed by atoms with Crippen molar-refractivity contribution in [3.63, 3.8) is 0 Å². The average Bonchev–Trinajstić information content (AvgIpc) is 3.94. The lowest BCUT2D eigenvalue weighted by Crippen LogP contribution is -2.31. The zero-order chi connectivity index (χ0) is 49.4. The number of hydrogen-bond donors (Lipinski definition) is 5. The molecule has 69 heavy (non-hydrogen) atoms. The van der Waals surface area contributed by atoms with Gasteiger partial charge in [0, 0.05) is 61.4 Å². The summed E-state index contributed by atoms with van der Waals surface area (Å²) in [7, 11) is -1.56. The van der Waals surface area contributed by atoms with Crippen molar-refractivity contribution in [2.75, 3.05) is 92.0 Å². The molecule has 0 spiro atoms. The maximum absolute atomic E-state index is 12.2. The molecular formula is C43H48Cl2N14O7S3. The van der Waals surface area contributed by atoms with E-state index in [0.29, 0.717) is 75.3 Å². The Bertz CT molecular complexity index is 3130. The number of benzene rings is 4. The van der Waals surface area contributed by atoms with Crippen LogP contribution in [0.2, 0.25) is 10.0 Å². The van der Waals surface area contributed by atoms with Gasteiger partial charge in [-0.3, -0.25) is 4.55 Å². The molecule has 0 bridgehead atoms. The van der Waals surface area contributed by atoms with E-state index in [1.807, 2.05) is 45.9 Å². The molecule has 364 valence electrons. The Hall–Kier alpha value is -6.12. The molecule has 0 unspecified atom stereocenters. The second-order valence-corrected chi connectivity index (χ2v) is 18.9. The van der Waals surface area contributed by atoms with Crippen LogP contribution in [-0.2, 0) is 10.1 Å². The summed E-state index contributed by atoms with van der Waals surface area (Å²) < 4.78 is 47.2.